The van der Waals surface area contributed by atoms with E-state index >= 15 is 0 Å². The zero-order chi connectivity index (χ0) is 55.7. The van der Waals surface area contributed by atoms with Crippen molar-refractivity contribution in [1.82, 2.24) is 0 Å². The molecule has 0 aromatic rings. The van der Waals surface area contributed by atoms with Crippen LogP contribution in [-0.4, -0.2) is 257 Å². The molecule has 4 saturated heterocycles. The summed E-state index contributed by atoms with van der Waals surface area (Å²) in [6.07, 6.45) is -26.5. The molecular weight excluding hydrogens is 1020 g/mol. The Hall–Kier alpha value is -1.97. The summed E-state index contributed by atoms with van der Waals surface area (Å²) in [5, 5.41) is 158. The molecule has 0 amide bonds. The molecule has 15 N–H and O–H groups in total. The molecule has 0 spiro atoms. The van der Waals surface area contributed by atoms with Crippen LogP contribution in [-0.2, 0) is 47.4 Å². The van der Waals surface area contributed by atoms with Crippen LogP contribution in [0.25, 0.3) is 0 Å². The second-order valence-electron chi connectivity index (χ2n) is 23.7. The van der Waals surface area contributed by atoms with E-state index in [0.717, 1.165) is 43.3 Å². The van der Waals surface area contributed by atoms with Crippen molar-refractivity contribution in [3.05, 3.63) is 22.8 Å². The fraction of sp³-hybridized carbons (Fsp3) is 0.904. The van der Waals surface area contributed by atoms with Crippen molar-refractivity contribution in [3.8, 4) is 0 Å². The zero-order valence-electron chi connectivity index (χ0n) is 43.7. The van der Waals surface area contributed by atoms with Gasteiger partial charge >= 0.3 is 5.97 Å². The molecule has 9 aliphatic rings. The molecule has 0 bridgehead atoms. The van der Waals surface area contributed by atoms with E-state index in [2.05, 4.69) is 26.8 Å². The Labute approximate surface area is 445 Å². The van der Waals surface area contributed by atoms with Gasteiger partial charge in [-0.15, -0.1) is 0 Å². The Morgan fingerprint density at radius 1 is 0.623 bits per heavy atom. The van der Waals surface area contributed by atoms with Gasteiger partial charge in [-0.1, -0.05) is 38.0 Å². The maximum atomic E-state index is 13.5. The Kier molecular flexibility index (Phi) is 18.4. The van der Waals surface area contributed by atoms with Crippen LogP contribution in [0.2, 0.25) is 0 Å². The van der Waals surface area contributed by atoms with Gasteiger partial charge in [-0.2, -0.15) is 0 Å². The van der Waals surface area contributed by atoms with Crippen LogP contribution in [0, 0.1) is 40.4 Å². The highest BCUT2D eigenvalue weighted by Gasteiger charge is 2.62. The minimum Gasteiger partial charge on any atom is -0.458 e. The molecule has 25 nitrogen and oxygen atoms in total. The van der Waals surface area contributed by atoms with Crippen molar-refractivity contribution in [2.75, 3.05) is 33.0 Å². The van der Waals surface area contributed by atoms with Crippen LogP contribution in [0.4, 0.5) is 0 Å². The van der Waals surface area contributed by atoms with Gasteiger partial charge in [0.1, 0.15) is 104 Å². The van der Waals surface area contributed by atoms with Crippen LogP contribution in [0.1, 0.15) is 79.1 Å². The van der Waals surface area contributed by atoms with Crippen LogP contribution < -0.4 is 0 Å². The van der Waals surface area contributed by atoms with Crippen LogP contribution >= 0.6 is 0 Å². The number of aliphatic hydroxyl groups is 15. The van der Waals surface area contributed by atoms with Gasteiger partial charge < -0.3 is 119 Å². The first-order valence-electron chi connectivity index (χ1n) is 27.2. The standard InChI is InChI=1S/C52H82O25/c1-19-11-28(72-46(68)24(19)17-69-47-41(64)37(60)34(57)29(14-53)73-47)20(2)25-7-8-26-23-6-5-21-12-22(13-33(56)52(21,4)27(23)9-10-51(25,26)3)71-49-42(65)39(62)36(59)32(76-49)18-70-48-44(67)40(63)45(31(16-55)75-48)77-50-43(66)38(61)35(58)30(15-54)74-50/h5,20,22-23,25-45,47-50,53-67H,6-18H2,1-4H3/t20-,22+,23?,25?,26?,27?,28?,29+,30+,31+,32+,33-,34+,35+,36+,37-,38-,39-,40+,41+,42+,43+,44+,45+,47?,48?,49?,50?,51+,52-/m0/s1. The first-order valence-corrected chi connectivity index (χ1v) is 27.2. The highest BCUT2D eigenvalue weighted by Crippen LogP contribution is 2.67. The number of carbonyl (C=O) groups excluding carboxylic acids is 1. The molecule has 9 unspecified atom stereocenters. The molecule has 0 aromatic heterocycles. The smallest absolute Gasteiger partial charge is 0.336 e. The van der Waals surface area contributed by atoms with Gasteiger partial charge in [0.25, 0.3) is 0 Å². The first-order chi connectivity index (χ1) is 36.5. The Bertz CT molecular complexity index is 2090. The van der Waals surface area contributed by atoms with E-state index in [1.54, 1.807) is 0 Å². The summed E-state index contributed by atoms with van der Waals surface area (Å²) in [5.74, 6) is 0.487. The summed E-state index contributed by atoms with van der Waals surface area (Å²) in [4.78, 5) is 13.5. The molecule has 77 heavy (non-hydrogen) atoms. The van der Waals surface area contributed by atoms with Crippen molar-refractivity contribution >= 4 is 5.97 Å². The molecule has 3 saturated carbocycles. The molecule has 25 heteroatoms. The number of carbonyl (C=O) groups is 1. The number of aliphatic hydroxyl groups excluding tert-OH is 15. The third-order valence-corrected chi connectivity index (χ3v) is 19.6. The highest BCUT2D eigenvalue weighted by molar-refractivity contribution is 5.90. The van der Waals surface area contributed by atoms with Gasteiger partial charge in [-0.05, 0) is 80.5 Å². The second kappa shape index (κ2) is 23.7. The summed E-state index contributed by atoms with van der Waals surface area (Å²) >= 11 is 0. The lowest BCUT2D eigenvalue weighted by atomic mass is 9.46. The van der Waals surface area contributed by atoms with Crippen LogP contribution in [0.5, 0.6) is 0 Å². The molecule has 440 valence electrons. The van der Waals surface area contributed by atoms with Crippen LogP contribution in [0.15, 0.2) is 22.8 Å². The number of ether oxygens (including phenoxy) is 9. The molecule has 7 fully saturated rings. The first kappa shape index (κ1) is 59.6. The molecule has 9 rings (SSSR count). The minimum absolute atomic E-state index is 0.0161. The normalized spacial score (nSPS) is 51.8. The van der Waals surface area contributed by atoms with E-state index in [1.165, 1.54) is 0 Å². The summed E-state index contributed by atoms with van der Waals surface area (Å²) in [6.45, 7) is 5.43. The van der Waals surface area contributed by atoms with Crippen molar-refractivity contribution in [3.63, 3.8) is 0 Å². The quantitative estimate of drug-likeness (QED) is 0.0542. The third kappa shape index (κ3) is 10.9. The molecular formula is C52H82O25. The van der Waals surface area contributed by atoms with E-state index in [1.807, 2.05) is 6.92 Å². The monoisotopic (exact) mass is 1110 g/mol. The lowest BCUT2D eigenvalue weighted by Crippen LogP contribution is -2.65. The third-order valence-electron chi connectivity index (χ3n) is 19.6. The molecule has 0 aromatic carbocycles. The average molecular weight is 1110 g/mol. The summed E-state index contributed by atoms with van der Waals surface area (Å²) in [5.41, 5.74) is 1.43. The molecule has 0 radical (unpaired) electrons. The Morgan fingerprint density at radius 2 is 1.17 bits per heavy atom. The van der Waals surface area contributed by atoms with Gasteiger partial charge in [0.2, 0.25) is 0 Å². The van der Waals surface area contributed by atoms with Gasteiger partial charge in [0, 0.05) is 18.3 Å². The van der Waals surface area contributed by atoms with E-state index in [-0.39, 0.29) is 53.8 Å². The van der Waals surface area contributed by atoms with Gasteiger partial charge in [0.15, 0.2) is 25.2 Å². The Balaban J connectivity index is 0.794. The molecule has 5 heterocycles. The largest absolute Gasteiger partial charge is 0.458 e. The molecule has 5 aliphatic heterocycles. The minimum atomic E-state index is -1.89. The molecule has 4 aliphatic carbocycles. The molecule has 30 atom stereocenters. The van der Waals surface area contributed by atoms with Crippen molar-refractivity contribution in [1.29, 1.82) is 0 Å². The second-order valence-corrected chi connectivity index (χ2v) is 23.7. The van der Waals surface area contributed by atoms with Gasteiger partial charge in [-0.3, -0.25) is 0 Å². The van der Waals surface area contributed by atoms with Crippen molar-refractivity contribution in [2.45, 2.75) is 220 Å². The lowest BCUT2D eigenvalue weighted by molar-refractivity contribution is -0.365. The zero-order valence-corrected chi connectivity index (χ0v) is 43.7. The van der Waals surface area contributed by atoms with Crippen LogP contribution in [0.3, 0.4) is 0 Å². The fourth-order valence-electron chi connectivity index (χ4n) is 14.9. The van der Waals surface area contributed by atoms with Crippen molar-refractivity contribution in [2.24, 2.45) is 40.4 Å². The number of hydrogen-bond acceptors (Lipinski definition) is 25. The topological polar surface area (TPSA) is 404 Å². The number of fused-ring (bicyclic) bond motifs is 5. The summed E-state index contributed by atoms with van der Waals surface area (Å²) < 4.78 is 51.9. The van der Waals surface area contributed by atoms with E-state index < -0.39 is 173 Å². The predicted octanol–water partition coefficient (Wildman–Crippen LogP) is -4.55. The number of cyclic esters (lactones) is 1. The maximum absolute atomic E-state index is 13.5. The van der Waals surface area contributed by atoms with E-state index in [9.17, 15) is 81.4 Å². The number of rotatable bonds is 15. The van der Waals surface area contributed by atoms with Crippen molar-refractivity contribution < 1.29 is 124 Å². The number of allylic oxidation sites excluding steroid dienone is 1. The SMILES string of the molecule is CC1=C(COC2O[C@H](CO)[C@@H](O)[C@H](O)[C@H]2O)C(=O)OC([C@@H](C)C2CCC3C4CC=C5C[C@@H](OC6O[C@H](COC7O[C@H](CO)[C@@H](OC8O[C@H](CO)[C@@H](O)[C@H](O)[C@H]8O)[C@H](O)[C@H]7O)[C@@H](O)[C@H](O)[C@H]6O)C[C@H](O)[C@]5(C)C4CC[C@@]32C)C1. The lowest BCUT2D eigenvalue weighted by Gasteiger charge is -2.60. The highest BCUT2D eigenvalue weighted by atomic mass is 16.8. The van der Waals surface area contributed by atoms with E-state index in [4.69, 9.17) is 42.6 Å². The maximum Gasteiger partial charge on any atom is 0.336 e. The van der Waals surface area contributed by atoms with Gasteiger partial charge in [0.05, 0.1) is 50.8 Å². The average Bonchev–Trinajstić information content (AvgIpc) is 3.79. The Morgan fingerprint density at radius 3 is 1.79 bits per heavy atom. The number of hydrogen-bond donors (Lipinski definition) is 15. The predicted molar refractivity (Wildman–Crippen MR) is 257 cm³/mol. The van der Waals surface area contributed by atoms with Gasteiger partial charge in [-0.25, -0.2) is 4.79 Å². The van der Waals surface area contributed by atoms with E-state index in [0.29, 0.717) is 18.8 Å². The fourth-order valence-corrected chi connectivity index (χ4v) is 14.9. The summed E-state index contributed by atoms with van der Waals surface area (Å²) in [7, 11) is 0. The summed E-state index contributed by atoms with van der Waals surface area (Å²) in [6, 6.07) is 0. The number of esters is 1.